The molecule has 0 aliphatic rings. The Bertz CT molecular complexity index is 271. The van der Waals surface area contributed by atoms with Crippen LogP contribution in [0.3, 0.4) is 0 Å². The second kappa shape index (κ2) is 5.03. The summed E-state index contributed by atoms with van der Waals surface area (Å²) in [7, 11) is -1.75. The summed E-state index contributed by atoms with van der Waals surface area (Å²) in [5.41, 5.74) is 1.23. The van der Waals surface area contributed by atoms with Gasteiger partial charge in [0.05, 0.1) is 0 Å². The molecule has 76 valence electrons. The van der Waals surface area contributed by atoms with Gasteiger partial charge in [-0.2, -0.15) is 0 Å². The van der Waals surface area contributed by atoms with E-state index in [4.69, 9.17) is 14.7 Å². The SMILES string of the molecule is CCC(C)c1ccc(OB(O)O)cc1. The normalized spacial score (nSPS) is 12.3. The zero-order chi connectivity index (χ0) is 10.6. The van der Waals surface area contributed by atoms with Crippen LogP contribution in [0.1, 0.15) is 31.7 Å². The third kappa shape index (κ3) is 3.05. The minimum absolute atomic E-state index is 0.465. The lowest BCUT2D eigenvalue weighted by molar-refractivity contribution is 0.288. The Morgan fingerprint density at radius 3 is 2.29 bits per heavy atom. The third-order valence-electron chi connectivity index (χ3n) is 2.30. The standard InChI is InChI=1S/C10H15BO3/c1-3-8(2)9-4-6-10(7-5-9)14-11(12)13/h4-8,12-13H,3H2,1-2H3. The fraction of sp³-hybridized carbons (Fsp3) is 0.400. The van der Waals surface area contributed by atoms with E-state index in [0.717, 1.165) is 6.42 Å². The monoisotopic (exact) mass is 194 g/mol. The number of hydrogen-bond acceptors (Lipinski definition) is 3. The Labute approximate surface area is 84.5 Å². The lowest BCUT2D eigenvalue weighted by atomic mass is 9.99. The topological polar surface area (TPSA) is 49.7 Å². The first-order valence-corrected chi connectivity index (χ1v) is 4.76. The van der Waals surface area contributed by atoms with Gasteiger partial charge in [-0.3, -0.25) is 0 Å². The predicted molar refractivity (Wildman–Crippen MR) is 56.0 cm³/mol. The summed E-state index contributed by atoms with van der Waals surface area (Å²) >= 11 is 0. The van der Waals surface area contributed by atoms with Gasteiger partial charge >= 0.3 is 7.32 Å². The van der Waals surface area contributed by atoms with Gasteiger partial charge in [-0.05, 0) is 30.0 Å². The van der Waals surface area contributed by atoms with Crippen LogP contribution in [0.2, 0.25) is 0 Å². The van der Waals surface area contributed by atoms with Gasteiger partial charge in [-0.1, -0.05) is 26.0 Å². The minimum atomic E-state index is -1.75. The average Bonchev–Trinajstić information content (AvgIpc) is 2.17. The van der Waals surface area contributed by atoms with Crippen molar-refractivity contribution in [2.45, 2.75) is 26.2 Å². The van der Waals surface area contributed by atoms with Crippen LogP contribution in [0.5, 0.6) is 5.75 Å². The Morgan fingerprint density at radius 2 is 1.86 bits per heavy atom. The lowest BCUT2D eigenvalue weighted by Crippen LogP contribution is -2.20. The fourth-order valence-corrected chi connectivity index (χ4v) is 1.23. The molecular formula is C10H15BO3. The highest BCUT2D eigenvalue weighted by Gasteiger charge is 2.11. The maximum absolute atomic E-state index is 8.56. The molecule has 0 fully saturated rings. The fourth-order valence-electron chi connectivity index (χ4n) is 1.23. The van der Waals surface area contributed by atoms with Crippen molar-refractivity contribution < 1.29 is 14.7 Å². The molecule has 14 heavy (non-hydrogen) atoms. The van der Waals surface area contributed by atoms with Gasteiger partial charge < -0.3 is 14.7 Å². The van der Waals surface area contributed by atoms with Crippen molar-refractivity contribution in [1.29, 1.82) is 0 Å². The van der Waals surface area contributed by atoms with Gasteiger partial charge in [-0.15, -0.1) is 0 Å². The van der Waals surface area contributed by atoms with Crippen molar-refractivity contribution in [2.24, 2.45) is 0 Å². The van der Waals surface area contributed by atoms with Gasteiger partial charge in [0.25, 0.3) is 0 Å². The molecule has 0 aromatic heterocycles. The molecule has 0 saturated carbocycles. The minimum Gasteiger partial charge on any atom is -0.512 e. The molecule has 0 bridgehead atoms. The van der Waals surface area contributed by atoms with E-state index in [-0.39, 0.29) is 0 Å². The zero-order valence-electron chi connectivity index (χ0n) is 8.47. The number of hydrogen-bond donors (Lipinski definition) is 2. The van der Waals surface area contributed by atoms with Crippen LogP contribution in [0.15, 0.2) is 24.3 Å². The largest absolute Gasteiger partial charge is 0.707 e. The van der Waals surface area contributed by atoms with Crippen LogP contribution in [-0.2, 0) is 0 Å². The van der Waals surface area contributed by atoms with E-state index in [1.165, 1.54) is 5.56 Å². The van der Waals surface area contributed by atoms with E-state index < -0.39 is 7.32 Å². The quantitative estimate of drug-likeness (QED) is 0.714. The summed E-state index contributed by atoms with van der Waals surface area (Å²) in [6.45, 7) is 4.28. The van der Waals surface area contributed by atoms with Crippen LogP contribution in [0.4, 0.5) is 0 Å². The van der Waals surface area contributed by atoms with E-state index in [0.29, 0.717) is 11.7 Å². The van der Waals surface area contributed by atoms with E-state index in [1.807, 2.05) is 12.1 Å². The Kier molecular flexibility index (Phi) is 3.98. The Balaban J connectivity index is 2.68. The van der Waals surface area contributed by atoms with E-state index in [9.17, 15) is 0 Å². The average molecular weight is 194 g/mol. The second-order valence-corrected chi connectivity index (χ2v) is 3.32. The van der Waals surface area contributed by atoms with Crippen LogP contribution in [0, 0.1) is 0 Å². The summed E-state index contributed by atoms with van der Waals surface area (Å²) in [5, 5.41) is 17.1. The maximum Gasteiger partial charge on any atom is 0.707 e. The van der Waals surface area contributed by atoms with Gasteiger partial charge in [0, 0.05) is 0 Å². The van der Waals surface area contributed by atoms with Crippen molar-refractivity contribution in [3.8, 4) is 5.75 Å². The molecule has 0 saturated heterocycles. The van der Waals surface area contributed by atoms with Crippen LogP contribution in [0.25, 0.3) is 0 Å². The molecule has 1 unspecified atom stereocenters. The van der Waals surface area contributed by atoms with Crippen molar-refractivity contribution >= 4 is 7.32 Å². The Morgan fingerprint density at radius 1 is 1.29 bits per heavy atom. The number of rotatable bonds is 4. The first kappa shape index (κ1) is 11.1. The number of benzene rings is 1. The zero-order valence-corrected chi connectivity index (χ0v) is 8.47. The van der Waals surface area contributed by atoms with E-state index in [1.54, 1.807) is 12.1 Å². The van der Waals surface area contributed by atoms with Crippen molar-refractivity contribution in [2.75, 3.05) is 0 Å². The van der Waals surface area contributed by atoms with Crippen LogP contribution >= 0.6 is 0 Å². The second-order valence-electron chi connectivity index (χ2n) is 3.32. The smallest absolute Gasteiger partial charge is 0.512 e. The summed E-state index contributed by atoms with van der Waals surface area (Å²) in [5.74, 6) is 0.982. The van der Waals surface area contributed by atoms with Gasteiger partial charge in [0.15, 0.2) is 0 Å². The van der Waals surface area contributed by atoms with Crippen molar-refractivity contribution in [3.05, 3.63) is 29.8 Å². The molecular weight excluding hydrogens is 179 g/mol. The maximum atomic E-state index is 8.56. The highest BCUT2D eigenvalue weighted by atomic mass is 16.6. The summed E-state index contributed by atoms with van der Waals surface area (Å²) < 4.78 is 4.69. The summed E-state index contributed by atoms with van der Waals surface area (Å²) in [6, 6.07) is 7.35. The van der Waals surface area contributed by atoms with Gasteiger partial charge in [0.1, 0.15) is 5.75 Å². The van der Waals surface area contributed by atoms with Crippen LogP contribution in [-0.4, -0.2) is 17.4 Å². The molecule has 1 aromatic rings. The molecule has 0 radical (unpaired) electrons. The molecule has 3 nitrogen and oxygen atoms in total. The summed E-state index contributed by atoms with van der Waals surface area (Å²) in [6.07, 6.45) is 1.09. The molecule has 1 rings (SSSR count). The molecule has 4 heteroatoms. The lowest BCUT2D eigenvalue weighted by Gasteiger charge is -2.10. The Hall–Kier alpha value is -0.995. The first-order valence-electron chi connectivity index (χ1n) is 4.76. The van der Waals surface area contributed by atoms with Crippen LogP contribution < -0.4 is 4.65 Å². The molecule has 1 aromatic carbocycles. The molecule has 0 spiro atoms. The first-order chi connectivity index (χ1) is 6.63. The molecule has 0 amide bonds. The molecule has 1 atom stereocenters. The summed E-state index contributed by atoms with van der Waals surface area (Å²) in [4.78, 5) is 0. The van der Waals surface area contributed by atoms with Gasteiger partial charge in [-0.25, -0.2) is 0 Å². The highest BCUT2D eigenvalue weighted by molar-refractivity contribution is 6.33. The molecule has 0 aliphatic carbocycles. The predicted octanol–water partition coefficient (Wildman–Crippen LogP) is 1.55. The molecule has 0 aliphatic heterocycles. The van der Waals surface area contributed by atoms with Crippen molar-refractivity contribution in [1.82, 2.24) is 0 Å². The molecule has 0 heterocycles. The van der Waals surface area contributed by atoms with Gasteiger partial charge in [0.2, 0.25) is 0 Å². The molecule has 2 N–H and O–H groups in total. The highest BCUT2D eigenvalue weighted by Crippen LogP contribution is 2.21. The third-order valence-corrected chi connectivity index (χ3v) is 2.30. The van der Waals surface area contributed by atoms with E-state index >= 15 is 0 Å². The van der Waals surface area contributed by atoms with Crippen molar-refractivity contribution in [3.63, 3.8) is 0 Å². The van der Waals surface area contributed by atoms with E-state index in [2.05, 4.69) is 13.8 Å².